The number of aromatic nitrogens is 2. The third-order valence-corrected chi connectivity index (χ3v) is 4.12. The summed E-state index contributed by atoms with van der Waals surface area (Å²) in [5, 5.41) is 19.9. The molecule has 0 saturated carbocycles. The Morgan fingerprint density at radius 2 is 1.57 bits per heavy atom. The summed E-state index contributed by atoms with van der Waals surface area (Å²) in [6.07, 6.45) is 6.19. The Labute approximate surface area is 127 Å². The van der Waals surface area contributed by atoms with Gasteiger partial charge in [0.15, 0.2) is 0 Å². The van der Waals surface area contributed by atoms with Crippen molar-refractivity contribution in [2.75, 3.05) is 39.3 Å². The fourth-order valence-electron chi connectivity index (χ4n) is 2.79. The molecule has 1 fully saturated rings. The van der Waals surface area contributed by atoms with E-state index in [9.17, 15) is 10.2 Å². The number of aliphatic hydroxyl groups excluding tert-OH is 2. The zero-order valence-corrected chi connectivity index (χ0v) is 13.2. The molecule has 0 spiro atoms. The van der Waals surface area contributed by atoms with Crippen LogP contribution in [0.5, 0.6) is 0 Å². The SMILES string of the molecule is CCC(O)CN1CCN(CC(O)Cn2cc[n+](C)c2)CC1. The topological polar surface area (TPSA) is 55.8 Å². The van der Waals surface area contributed by atoms with Crippen LogP contribution in [0.25, 0.3) is 0 Å². The lowest BCUT2D eigenvalue weighted by atomic mass is 10.2. The maximum Gasteiger partial charge on any atom is 0.243 e. The van der Waals surface area contributed by atoms with Crippen LogP contribution in [-0.2, 0) is 13.6 Å². The number of aliphatic hydroxyl groups is 2. The second-order valence-electron chi connectivity index (χ2n) is 6.09. The zero-order chi connectivity index (χ0) is 15.2. The van der Waals surface area contributed by atoms with E-state index in [-0.39, 0.29) is 12.2 Å². The second kappa shape index (κ2) is 7.89. The van der Waals surface area contributed by atoms with Gasteiger partial charge in [0.25, 0.3) is 0 Å². The molecule has 21 heavy (non-hydrogen) atoms. The second-order valence-corrected chi connectivity index (χ2v) is 6.09. The van der Waals surface area contributed by atoms with Crippen LogP contribution in [0.2, 0.25) is 0 Å². The first-order chi connectivity index (χ1) is 10.1. The first-order valence-electron chi connectivity index (χ1n) is 7.88. The molecule has 0 amide bonds. The van der Waals surface area contributed by atoms with Crippen molar-refractivity contribution in [1.29, 1.82) is 0 Å². The van der Waals surface area contributed by atoms with Gasteiger partial charge in [-0.2, -0.15) is 0 Å². The smallest absolute Gasteiger partial charge is 0.243 e. The van der Waals surface area contributed by atoms with Crippen LogP contribution in [0.4, 0.5) is 0 Å². The van der Waals surface area contributed by atoms with Crippen LogP contribution in [0.3, 0.4) is 0 Å². The quantitative estimate of drug-likeness (QED) is 0.638. The average molecular weight is 297 g/mol. The predicted octanol–water partition coefficient (Wildman–Crippen LogP) is -0.938. The summed E-state index contributed by atoms with van der Waals surface area (Å²) >= 11 is 0. The minimum Gasteiger partial charge on any atom is -0.392 e. The Balaban J connectivity index is 1.68. The molecule has 2 heterocycles. The van der Waals surface area contributed by atoms with Crippen LogP contribution in [0, 0.1) is 0 Å². The summed E-state index contributed by atoms with van der Waals surface area (Å²) in [4.78, 5) is 4.62. The van der Waals surface area contributed by atoms with E-state index in [0.717, 1.165) is 39.1 Å². The highest BCUT2D eigenvalue weighted by Gasteiger charge is 2.21. The minimum atomic E-state index is -0.342. The molecule has 1 aliphatic rings. The van der Waals surface area contributed by atoms with Gasteiger partial charge in [0, 0.05) is 39.3 Å². The van der Waals surface area contributed by atoms with Crippen molar-refractivity contribution in [3.63, 3.8) is 0 Å². The molecule has 1 aromatic heterocycles. The molecule has 2 unspecified atom stereocenters. The number of hydrogen-bond acceptors (Lipinski definition) is 4. The van der Waals surface area contributed by atoms with E-state index in [1.165, 1.54) is 0 Å². The number of rotatable bonds is 7. The molecule has 0 aliphatic carbocycles. The van der Waals surface area contributed by atoms with E-state index in [4.69, 9.17) is 0 Å². The van der Waals surface area contributed by atoms with Gasteiger partial charge in [-0.25, -0.2) is 9.13 Å². The van der Waals surface area contributed by atoms with Crippen molar-refractivity contribution in [2.45, 2.75) is 32.1 Å². The summed E-state index contributed by atoms with van der Waals surface area (Å²) in [5.74, 6) is 0. The zero-order valence-electron chi connectivity index (χ0n) is 13.2. The molecule has 6 heteroatoms. The average Bonchev–Trinajstić information content (AvgIpc) is 2.86. The molecule has 2 atom stereocenters. The van der Waals surface area contributed by atoms with E-state index in [2.05, 4.69) is 9.80 Å². The Kier molecular flexibility index (Phi) is 6.17. The molecule has 2 rings (SSSR count). The summed E-state index contributed by atoms with van der Waals surface area (Å²) in [6, 6.07) is 0. The maximum atomic E-state index is 10.2. The number of nitrogens with zero attached hydrogens (tertiary/aromatic N) is 4. The molecule has 6 nitrogen and oxygen atoms in total. The first kappa shape index (κ1) is 16.4. The molecule has 120 valence electrons. The molecule has 0 aromatic carbocycles. The monoisotopic (exact) mass is 297 g/mol. The third-order valence-electron chi connectivity index (χ3n) is 4.12. The summed E-state index contributed by atoms with van der Waals surface area (Å²) in [6.45, 7) is 8.01. The van der Waals surface area contributed by atoms with Gasteiger partial charge in [-0.1, -0.05) is 6.92 Å². The van der Waals surface area contributed by atoms with Gasteiger partial charge < -0.3 is 10.2 Å². The van der Waals surface area contributed by atoms with E-state index in [1.54, 1.807) is 0 Å². The first-order valence-corrected chi connectivity index (χ1v) is 7.88. The molecule has 2 N–H and O–H groups in total. The van der Waals surface area contributed by atoms with Crippen LogP contribution in [-0.4, -0.2) is 76.1 Å². The number of aryl methyl sites for hydroxylation is 1. The summed E-state index contributed by atoms with van der Waals surface area (Å²) in [5.41, 5.74) is 0. The number of β-amino-alcohol motifs (C(OH)–C–C–N with tert-alkyl or cyclic N) is 2. The largest absolute Gasteiger partial charge is 0.392 e. The number of hydrogen-bond donors (Lipinski definition) is 2. The van der Waals surface area contributed by atoms with Crippen LogP contribution in [0.15, 0.2) is 18.7 Å². The molecule has 1 aromatic rings. The lowest BCUT2D eigenvalue weighted by Crippen LogP contribution is -2.50. The highest BCUT2D eigenvalue weighted by molar-refractivity contribution is 4.77. The fourth-order valence-corrected chi connectivity index (χ4v) is 2.79. The number of imidazole rings is 1. The Morgan fingerprint density at radius 3 is 2.05 bits per heavy atom. The van der Waals surface area contributed by atoms with Crippen molar-refractivity contribution >= 4 is 0 Å². The van der Waals surface area contributed by atoms with Gasteiger partial charge in [0.1, 0.15) is 25.0 Å². The van der Waals surface area contributed by atoms with E-state index >= 15 is 0 Å². The Bertz CT molecular complexity index is 416. The molecule has 0 bridgehead atoms. The molecule has 1 saturated heterocycles. The molecular formula is C15H29N4O2+. The van der Waals surface area contributed by atoms with Gasteiger partial charge in [0.2, 0.25) is 6.33 Å². The molecule has 1 aliphatic heterocycles. The van der Waals surface area contributed by atoms with E-state index in [0.29, 0.717) is 13.1 Å². The van der Waals surface area contributed by atoms with Gasteiger partial charge in [-0.3, -0.25) is 9.80 Å². The molecule has 0 radical (unpaired) electrons. The summed E-state index contributed by atoms with van der Waals surface area (Å²) < 4.78 is 3.99. The number of piperazine rings is 1. The lowest BCUT2D eigenvalue weighted by molar-refractivity contribution is -0.671. The van der Waals surface area contributed by atoms with Gasteiger partial charge in [0.05, 0.1) is 13.2 Å². The highest BCUT2D eigenvalue weighted by Crippen LogP contribution is 2.05. The van der Waals surface area contributed by atoms with Crippen molar-refractivity contribution in [3.05, 3.63) is 18.7 Å². The summed E-state index contributed by atoms with van der Waals surface area (Å²) in [7, 11) is 1.98. The van der Waals surface area contributed by atoms with Crippen LogP contribution >= 0.6 is 0 Å². The Hall–Kier alpha value is -0.950. The van der Waals surface area contributed by atoms with Gasteiger partial charge in [-0.15, -0.1) is 0 Å². The predicted molar refractivity (Wildman–Crippen MR) is 80.8 cm³/mol. The van der Waals surface area contributed by atoms with E-state index < -0.39 is 0 Å². The Morgan fingerprint density at radius 1 is 1.00 bits per heavy atom. The highest BCUT2D eigenvalue weighted by atomic mass is 16.3. The van der Waals surface area contributed by atoms with Crippen molar-refractivity contribution in [2.24, 2.45) is 7.05 Å². The maximum absolute atomic E-state index is 10.2. The van der Waals surface area contributed by atoms with Gasteiger partial charge in [-0.05, 0) is 6.42 Å². The van der Waals surface area contributed by atoms with E-state index in [1.807, 2.05) is 41.8 Å². The van der Waals surface area contributed by atoms with Crippen molar-refractivity contribution in [1.82, 2.24) is 14.4 Å². The normalized spacial score (nSPS) is 20.6. The van der Waals surface area contributed by atoms with Crippen molar-refractivity contribution in [3.8, 4) is 0 Å². The fraction of sp³-hybridized carbons (Fsp3) is 0.800. The molecular weight excluding hydrogens is 268 g/mol. The van der Waals surface area contributed by atoms with Crippen molar-refractivity contribution < 1.29 is 14.8 Å². The minimum absolute atomic E-state index is 0.211. The lowest BCUT2D eigenvalue weighted by Gasteiger charge is -2.36. The van der Waals surface area contributed by atoms with Gasteiger partial charge >= 0.3 is 0 Å². The third kappa shape index (κ3) is 5.39. The van der Waals surface area contributed by atoms with Crippen LogP contribution in [0.1, 0.15) is 13.3 Å². The standard InChI is InChI=1S/C15H29N4O2/c1-3-14(20)10-17-6-8-18(9-7-17)11-15(21)12-19-5-4-16(2)13-19/h4-5,13-15,20-21H,3,6-12H2,1-2H3/q+1. The van der Waals surface area contributed by atoms with Crippen LogP contribution < -0.4 is 4.57 Å².